The van der Waals surface area contributed by atoms with E-state index in [9.17, 15) is 4.79 Å². The minimum Gasteiger partial charge on any atom is -0.348 e. The van der Waals surface area contributed by atoms with Crippen LogP contribution in [-0.4, -0.2) is 39.4 Å². The summed E-state index contributed by atoms with van der Waals surface area (Å²) in [6, 6.07) is 9.69. The van der Waals surface area contributed by atoms with Crippen molar-refractivity contribution in [3.05, 3.63) is 59.8 Å². The lowest BCUT2D eigenvalue weighted by Crippen LogP contribution is -2.42. The Labute approximate surface area is 139 Å². The highest BCUT2D eigenvalue weighted by atomic mass is 16.2. The van der Waals surface area contributed by atoms with Crippen LogP contribution >= 0.6 is 0 Å². The van der Waals surface area contributed by atoms with Gasteiger partial charge in [0.25, 0.3) is 0 Å². The molecule has 0 saturated carbocycles. The molecular formula is C18H19N5O. The number of carbonyl (C=O) groups excluding carboxylic acids is 1. The van der Waals surface area contributed by atoms with Crippen molar-refractivity contribution in [3.63, 3.8) is 0 Å². The quantitative estimate of drug-likeness (QED) is 0.771. The summed E-state index contributed by atoms with van der Waals surface area (Å²) in [4.78, 5) is 26.3. The fourth-order valence-electron chi connectivity index (χ4n) is 3.22. The van der Waals surface area contributed by atoms with E-state index in [0.29, 0.717) is 6.54 Å². The molecule has 3 aromatic rings. The summed E-state index contributed by atoms with van der Waals surface area (Å²) in [5, 5.41) is 4.36. The molecule has 0 radical (unpaired) electrons. The van der Waals surface area contributed by atoms with Crippen LogP contribution in [0.15, 0.2) is 42.9 Å². The van der Waals surface area contributed by atoms with Crippen molar-refractivity contribution in [2.75, 3.05) is 13.6 Å². The van der Waals surface area contributed by atoms with E-state index in [1.54, 1.807) is 17.4 Å². The van der Waals surface area contributed by atoms with Crippen molar-refractivity contribution in [3.8, 4) is 0 Å². The SMILES string of the molecule is CN(Cc1ccc2ncccc2c1)C(=O)C1NCCc2[nH]cnc21. The van der Waals surface area contributed by atoms with Crippen molar-refractivity contribution in [1.82, 2.24) is 25.2 Å². The van der Waals surface area contributed by atoms with Gasteiger partial charge in [-0.1, -0.05) is 12.1 Å². The number of nitrogens with zero attached hydrogens (tertiary/aromatic N) is 3. The number of pyridine rings is 1. The fraction of sp³-hybridized carbons (Fsp3) is 0.278. The van der Waals surface area contributed by atoms with E-state index in [1.165, 1.54) is 0 Å². The Morgan fingerprint density at radius 1 is 1.33 bits per heavy atom. The summed E-state index contributed by atoms with van der Waals surface area (Å²) in [5.74, 6) is 0.0364. The second-order valence-electron chi connectivity index (χ2n) is 6.13. The maximum absolute atomic E-state index is 12.8. The highest BCUT2D eigenvalue weighted by Crippen LogP contribution is 2.22. The van der Waals surface area contributed by atoms with Crippen molar-refractivity contribution in [2.24, 2.45) is 0 Å². The fourth-order valence-corrected chi connectivity index (χ4v) is 3.22. The van der Waals surface area contributed by atoms with Gasteiger partial charge in [0, 0.05) is 43.8 Å². The molecular weight excluding hydrogens is 302 g/mol. The van der Waals surface area contributed by atoms with Crippen LogP contribution in [0.25, 0.3) is 10.9 Å². The van der Waals surface area contributed by atoms with Crippen LogP contribution in [-0.2, 0) is 17.8 Å². The molecule has 6 heteroatoms. The number of benzene rings is 1. The highest BCUT2D eigenvalue weighted by molar-refractivity contribution is 5.83. The largest absolute Gasteiger partial charge is 0.348 e. The summed E-state index contributed by atoms with van der Waals surface area (Å²) in [5.41, 5.74) is 3.92. The zero-order valence-corrected chi connectivity index (χ0v) is 13.5. The van der Waals surface area contributed by atoms with Gasteiger partial charge in [-0.2, -0.15) is 0 Å². The minimum atomic E-state index is -0.368. The van der Waals surface area contributed by atoms with Crippen LogP contribution in [0.4, 0.5) is 0 Å². The van der Waals surface area contributed by atoms with Crippen LogP contribution in [0.5, 0.6) is 0 Å². The molecule has 2 aromatic heterocycles. The summed E-state index contributed by atoms with van der Waals surface area (Å²) in [7, 11) is 1.83. The molecule has 1 aliphatic heterocycles. The number of amides is 1. The van der Waals surface area contributed by atoms with Crippen molar-refractivity contribution in [2.45, 2.75) is 19.0 Å². The standard InChI is InChI=1S/C18H19N5O/c1-23(10-12-4-5-14-13(9-12)3-2-7-19-14)18(24)17-16-15(6-8-20-17)21-11-22-16/h2-5,7,9,11,17,20H,6,8,10H2,1H3,(H,21,22). The van der Waals surface area contributed by atoms with E-state index < -0.39 is 0 Å². The molecule has 3 heterocycles. The monoisotopic (exact) mass is 321 g/mol. The number of rotatable bonds is 3. The molecule has 6 nitrogen and oxygen atoms in total. The molecule has 1 atom stereocenters. The van der Waals surface area contributed by atoms with Crippen molar-refractivity contribution < 1.29 is 4.79 Å². The first-order valence-electron chi connectivity index (χ1n) is 8.06. The Bertz CT molecular complexity index is 888. The number of carbonyl (C=O) groups is 1. The van der Waals surface area contributed by atoms with Crippen molar-refractivity contribution in [1.29, 1.82) is 0 Å². The van der Waals surface area contributed by atoms with Gasteiger partial charge in [-0.3, -0.25) is 9.78 Å². The third kappa shape index (κ3) is 2.65. The number of likely N-dealkylation sites (N-methyl/N-ethyl adjacent to an activating group) is 1. The number of nitrogens with one attached hydrogen (secondary N) is 2. The average molecular weight is 321 g/mol. The van der Waals surface area contributed by atoms with E-state index in [0.717, 1.165) is 40.8 Å². The highest BCUT2D eigenvalue weighted by Gasteiger charge is 2.30. The number of hydrogen-bond acceptors (Lipinski definition) is 4. The van der Waals surface area contributed by atoms with Gasteiger partial charge in [-0.25, -0.2) is 4.98 Å². The summed E-state index contributed by atoms with van der Waals surface area (Å²) in [6.45, 7) is 1.34. The Morgan fingerprint density at radius 2 is 2.25 bits per heavy atom. The third-order valence-electron chi connectivity index (χ3n) is 4.46. The maximum Gasteiger partial charge on any atom is 0.246 e. The second-order valence-corrected chi connectivity index (χ2v) is 6.13. The smallest absolute Gasteiger partial charge is 0.246 e. The molecule has 0 fully saturated rings. The predicted molar refractivity (Wildman–Crippen MR) is 91.3 cm³/mol. The second kappa shape index (κ2) is 6.05. The topological polar surface area (TPSA) is 73.9 Å². The van der Waals surface area contributed by atoms with E-state index in [4.69, 9.17) is 0 Å². The summed E-state index contributed by atoms with van der Waals surface area (Å²) in [6.07, 6.45) is 4.32. The van der Waals surface area contributed by atoms with Gasteiger partial charge in [-0.05, 0) is 23.8 Å². The van der Waals surface area contributed by atoms with Crippen LogP contribution in [0.1, 0.15) is 23.0 Å². The van der Waals surface area contributed by atoms with Gasteiger partial charge in [-0.15, -0.1) is 0 Å². The lowest BCUT2D eigenvalue weighted by molar-refractivity contribution is -0.133. The van der Waals surface area contributed by atoms with Crippen LogP contribution in [0.3, 0.4) is 0 Å². The van der Waals surface area contributed by atoms with Gasteiger partial charge >= 0.3 is 0 Å². The number of aromatic nitrogens is 3. The molecule has 24 heavy (non-hydrogen) atoms. The van der Waals surface area contributed by atoms with E-state index >= 15 is 0 Å². The van der Waals surface area contributed by atoms with Crippen molar-refractivity contribution >= 4 is 16.8 Å². The lowest BCUT2D eigenvalue weighted by Gasteiger charge is -2.27. The number of hydrogen-bond donors (Lipinski definition) is 2. The zero-order chi connectivity index (χ0) is 16.5. The Hall–Kier alpha value is -2.73. The third-order valence-corrected chi connectivity index (χ3v) is 4.46. The molecule has 0 bridgehead atoms. The van der Waals surface area contributed by atoms with E-state index in [1.807, 2.05) is 31.3 Å². The van der Waals surface area contributed by atoms with Crippen LogP contribution in [0.2, 0.25) is 0 Å². The molecule has 2 N–H and O–H groups in total. The number of aromatic amines is 1. The zero-order valence-electron chi connectivity index (χ0n) is 13.5. The molecule has 1 amide bonds. The van der Waals surface area contributed by atoms with Crippen LogP contribution in [0, 0.1) is 0 Å². The Kier molecular flexibility index (Phi) is 3.74. The van der Waals surface area contributed by atoms with E-state index in [-0.39, 0.29) is 11.9 Å². The molecule has 1 unspecified atom stereocenters. The predicted octanol–water partition coefficient (Wildman–Crippen LogP) is 1.80. The molecule has 0 aliphatic carbocycles. The molecule has 1 aromatic carbocycles. The van der Waals surface area contributed by atoms with Gasteiger partial charge < -0.3 is 15.2 Å². The number of imidazole rings is 1. The first kappa shape index (κ1) is 14.8. The maximum atomic E-state index is 12.8. The molecule has 4 rings (SSSR count). The van der Waals surface area contributed by atoms with Gasteiger partial charge in [0.2, 0.25) is 5.91 Å². The Morgan fingerprint density at radius 3 is 3.17 bits per heavy atom. The first-order chi connectivity index (χ1) is 11.7. The Balaban J connectivity index is 1.53. The molecule has 0 spiro atoms. The van der Waals surface area contributed by atoms with Gasteiger partial charge in [0.15, 0.2) is 0 Å². The summed E-state index contributed by atoms with van der Waals surface area (Å²) >= 11 is 0. The number of H-pyrrole nitrogens is 1. The lowest BCUT2D eigenvalue weighted by atomic mass is 10.0. The van der Waals surface area contributed by atoms with E-state index in [2.05, 4.69) is 26.3 Å². The molecule has 1 aliphatic rings. The number of fused-ring (bicyclic) bond motifs is 2. The summed E-state index contributed by atoms with van der Waals surface area (Å²) < 4.78 is 0. The first-order valence-corrected chi connectivity index (χ1v) is 8.06. The molecule has 0 saturated heterocycles. The van der Waals surface area contributed by atoms with Crippen LogP contribution < -0.4 is 5.32 Å². The minimum absolute atomic E-state index is 0.0364. The van der Waals surface area contributed by atoms with Gasteiger partial charge in [0.1, 0.15) is 6.04 Å². The average Bonchev–Trinajstić information content (AvgIpc) is 3.09. The molecule has 122 valence electrons. The normalized spacial score (nSPS) is 16.8. The van der Waals surface area contributed by atoms with Gasteiger partial charge in [0.05, 0.1) is 17.5 Å².